The SMILES string of the molecule is Nc1nc(NCCc2ccc(NS(=O)(=O)c3cc(F)c(O)c(Cl)c3)cc2)nc2nc(-c3ccco3)nn12. The lowest BCUT2D eigenvalue weighted by Gasteiger charge is -2.10. The number of nitrogens with one attached hydrogen (secondary N) is 2. The number of sulfonamides is 1. The van der Waals surface area contributed by atoms with E-state index < -0.39 is 31.5 Å². The third-order valence-corrected chi connectivity index (χ3v) is 6.83. The molecule has 5 N–H and O–H groups in total. The first-order valence-corrected chi connectivity index (χ1v) is 12.5. The van der Waals surface area contributed by atoms with Gasteiger partial charge in [0.05, 0.1) is 16.2 Å². The van der Waals surface area contributed by atoms with Crippen LogP contribution < -0.4 is 15.8 Å². The van der Waals surface area contributed by atoms with Crippen molar-refractivity contribution in [2.45, 2.75) is 11.3 Å². The summed E-state index contributed by atoms with van der Waals surface area (Å²) in [5.41, 5.74) is 7.14. The van der Waals surface area contributed by atoms with Crippen molar-refractivity contribution in [1.29, 1.82) is 0 Å². The van der Waals surface area contributed by atoms with Crippen molar-refractivity contribution >= 4 is 45.0 Å². The average Bonchev–Trinajstić information content (AvgIpc) is 3.53. The second kappa shape index (κ2) is 9.55. The van der Waals surface area contributed by atoms with E-state index in [1.165, 1.54) is 10.8 Å². The van der Waals surface area contributed by atoms with Gasteiger partial charge in [0.1, 0.15) is 0 Å². The van der Waals surface area contributed by atoms with Gasteiger partial charge in [-0.2, -0.15) is 19.5 Å². The Balaban J connectivity index is 1.21. The van der Waals surface area contributed by atoms with E-state index in [0.29, 0.717) is 30.6 Å². The number of nitrogen functional groups attached to an aromatic ring is 1. The smallest absolute Gasteiger partial charge is 0.262 e. The Hall–Kier alpha value is -4.43. The van der Waals surface area contributed by atoms with Gasteiger partial charge in [0.25, 0.3) is 15.8 Å². The van der Waals surface area contributed by atoms with Gasteiger partial charge in [0, 0.05) is 12.2 Å². The molecule has 2 aromatic carbocycles. The number of hydrogen-bond donors (Lipinski definition) is 4. The van der Waals surface area contributed by atoms with Crippen LogP contribution in [0.5, 0.6) is 5.75 Å². The minimum atomic E-state index is -4.12. The number of furan rings is 1. The highest BCUT2D eigenvalue weighted by molar-refractivity contribution is 7.92. The van der Waals surface area contributed by atoms with Crippen molar-refractivity contribution in [2.75, 3.05) is 22.3 Å². The molecule has 0 aliphatic carbocycles. The molecular weight excluding hydrogens is 527 g/mol. The third kappa shape index (κ3) is 5.10. The summed E-state index contributed by atoms with van der Waals surface area (Å²) >= 11 is 5.69. The Bertz CT molecular complexity index is 1670. The zero-order chi connectivity index (χ0) is 26.2. The van der Waals surface area contributed by atoms with Crippen molar-refractivity contribution < 1.29 is 22.3 Å². The summed E-state index contributed by atoms with van der Waals surface area (Å²) in [5, 5.41) is 16.3. The lowest BCUT2D eigenvalue weighted by molar-refractivity contribution is 0.431. The molecule has 3 aromatic heterocycles. The summed E-state index contributed by atoms with van der Waals surface area (Å²) in [6.45, 7) is 0.450. The zero-order valence-electron chi connectivity index (χ0n) is 18.8. The number of halogens is 2. The molecule has 5 rings (SSSR count). The van der Waals surface area contributed by atoms with Gasteiger partial charge < -0.3 is 20.6 Å². The minimum Gasteiger partial charge on any atom is -0.504 e. The predicted octanol–water partition coefficient (Wildman–Crippen LogP) is 3.32. The van der Waals surface area contributed by atoms with Crippen molar-refractivity contribution in [3.05, 3.63) is 71.2 Å². The molecule has 12 nitrogen and oxygen atoms in total. The molecule has 0 fully saturated rings. The topological polar surface area (TPSA) is 174 Å². The fraction of sp³-hybridized carbons (Fsp3) is 0.0909. The van der Waals surface area contributed by atoms with Crippen LogP contribution in [0.1, 0.15) is 5.56 Å². The zero-order valence-corrected chi connectivity index (χ0v) is 20.3. The van der Waals surface area contributed by atoms with Crippen LogP contribution in [-0.4, -0.2) is 44.6 Å². The van der Waals surface area contributed by atoms with Gasteiger partial charge in [-0.1, -0.05) is 23.7 Å². The van der Waals surface area contributed by atoms with E-state index in [9.17, 15) is 17.9 Å². The first kappa shape index (κ1) is 24.3. The summed E-state index contributed by atoms with van der Waals surface area (Å²) < 4.78 is 47.8. The number of fused-ring (bicyclic) bond motifs is 1. The van der Waals surface area contributed by atoms with Gasteiger partial charge in [0.2, 0.25) is 17.7 Å². The molecule has 0 bridgehead atoms. The van der Waals surface area contributed by atoms with E-state index in [-0.39, 0.29) is 23.4 Å². The number of phenols is 1. The molecule has 0 saturated carbocycles. The number of nitrogens with two attached hydrogens (primary N) is 1. The second-order valence-electron chi connectivity index (χ2n) is 7.74. The lowest BCUT2D eigenvalue weighted by Crippen LogP contribution is -2.13. The molecule has 5 aromatic rings. The van der Waals surface area contributed by atoms with Gasteiger partial charge in [-0.3, -0.25) is 4.72 Å². The van der Waals surface area contributed by atoms with E-state index in [1.807, 2.05) is 0 Å². The fourth-order valence-electron chi connectivity index (χ4n) is 3.36. The van der Waals surface area contributed by atoms with E-state index in [1.54, 1.807) is 36.4 Å². The highest BCUT2D eigenvalue weighted by Crippen LogP contribution is 2.30. The third-order valence-electron chi connectivity index (χ3n) is 5.18. The van der Waals surface area contributed by atoms with Crippen molar-refractivity contribution in [1.82, 2.24) is 24.6 Å². The van der Waals surface area contributed by atoms with Crippen molar-refractivity contribution in [3.8, 4) is 17.3 Å². The minimum absolute atomic E-state index is 0.101. The number of hydrogen-bond acceptors (Lipinski definition) is 10. The molecule has 0 atom stereocenters. The van der Waals surface area contributed by atoms with Gasteiger partial charge in [0.15, 0.2) is 17.3 Å². The normalized spacial score (nSPS) is 11.6. The van der Waals surface area contributed by atoms with E-state index >= 15 is 0 Å². The Morgan fingerprint density at radius 3 is 2.62 bits per heavy atom. The number of aromatic hydroxyl groups is 1. The van der Waals surface area contributed by atoms with E-state index in [4.69, 9.17) is 21.8 Å². The Morgan fingerprint density at radius 2 is 1.92 bits per heavy atom. The molecule has 37 heavy (non-hydrogen) atoms. The van der Waals surface area contributed by atoms with Crippen LogP contribution in [0.3, 0.4) is 0 Å². The molecule has 190 valence electrons. The summed E-state index contributed by atoms with van der Waals surface area (Å²) in [6, 6.07) is 11.7. The van der Waals surface area contributed by atoms with Gasteiger partial charge in [-0.05, 0) is 48.4 Å². The van der Waals surface area contributed by atoms with Gasteiger partial charge >= 0.3 is 0 Å². The first-order valence-electron chi connectivity index (χ1n) is 10.7. The van der Waals surface area contributed by atoms with E-state index in [2.05, 4.69) is 30.1 Å². The van der Waals surface area contributed by atoms with Crippen LogP contribution in [0, 0.1) is 5.82 Å². The van der Waals surface area contributed by atoms with Crippen LogP contribution in [0.2, 0.25) is 5.02 Å². The Labute approximate surface area is 214 Å². The second-order valence-corrected chi connectivity index (χ2v) is 9.83. The number of nitrogens with zero attached hydrogens (tertiary/aromatic N) is 5. The molecule has 0 aliphatic rings. The molecular formula is C22H18ClFN8O4S. The lowest BCUT2D eigenvalue weighted by atomic mass is 10.1. The highest BCUT2D eigenvalue weighted by Gasteiger charge is 2.19. The summed E-state index contributed by atoms with van der Waals surface area (Å²) in [7, 11) is -4.12. The molecule has 15 heteroatoms. The number of benzene rings is 2. The van der Waals surface area contributed by atoms with Crippen LogP contribution >= 0.6 is 11.6 Å². The molecule has 0 saturated heterocycles. The quantitative estimate of drug-likeness (QED) is 0.227. The van der Waals surface area contributed by atoms with E-state index in [0.717, 1.165) is 11.6 Å². The molecule has 0 unspecified atom stereocenters. The van der Waals surface area contributed by atoms with Crippen LogP contribution in [0.4, 0.5) is 22.0 Å². The maximum absolute atomic E-state index is 13.7. The monoisotopic (exact) mass is 544 g/mol. The number of aromatic nitrogens is 5. The fourth-order valence-corrected chi connectivity index (χ4v) is 4.73. The van der Waals surface area contributed by atoms with Crippen LogP contribution in [0.15, 0.2) is 64.1 Å². The standard InChI is InChI=1S/C22H18ClFN8O4S/c23-15-10-14(11-16(24)18(15)33)37(34,35)31-13-5-3-12(4-6-13)7-8-26-21-28-20(25)32-22(29-21)27-19(30-32)17-2-1-9-36-17/h1-6,9-11,31,33H,7-8H2,(H3,25,26,27,28,29,30). The van der Waals surface area contributed by atoms with Gasteiger partial charge in [-0.15, -0.1) is 5.10 Å². The maximum atomic E-state index is 13.7. The van der Waals surface area contributed by atoms with Gasteiger partial charge in [-0.25, -0.2) is 12.8 Å². The molecule has 0 amide bonds. The molecule has 0 spiro atoms. The molecule has 3 heterocycles. The Morgan fingerprint density at radius 1 is 1.14 bits per heavy atom. The number of phenolic OH excluding ortho intramolecular Hbond substituents is 1. The largest absolute Gasteiger partial charge is 0.504 e. The van der Waals surface area contributed by atoms with Crippen LogP contribution in [0.25, 0.3) is 17.4 Å². The predicted molar refractivity (Wildman–Crippen MR) is 133 cm³/mol. The first-order chi connectivity index (χ1) is 17.7. The Kier molecular flexibility index (Phi) is 6.27. The number of rotatable bonds is 8. The summed E-state index contributed by atoms with van der Waals surface area (Å²) in [4.78, 5) is 12.4. The summed E-state index contributed by atoms with van der Waals surface area (Å²) in [6.07, 6.45) is 2.07. The molecule has 0 radical (unpaired) electrons. The average molecular weight is 545 g/mol. The van der Waals surface area contributed by atoms with Crippen molar-refractivity contribution in [2.24, 2.45) is 0 Å². The number of anilines is 3. The molecule has 0 aliphatic heterocycles. The maximum Gasteiger partial charge on any atom is 0.262 e. The van der Waals surface area contributed by atoms with Crippen LogP contribution in [-0.2, 0) is 16.4 Å². The highest BCUT2D eigenvalue weighted by atomic mass is 35.5. The van der Waals surface area contributed by atoms with Crippen molar-refractivity contribution in [3.63, 3.8) is 0 Å². The summed E-state index contributed by atoms with van der Waals surface area (Å²) in [5.74, 6) is -0.513.